The molecule has 2 radical (unpaired) electrons. The van der Waals surface area contributed by atoms with Gasteiger partial charge in [-0.2, -0.15) is 0 Å². The van der Waals surface area contributed by atoms with E-state index < -0.39 is 21.1 Å². The van der Waals surface area contributed by atoms with E-state index in [2.05, 4.69) is 11.9 Å². The van der Waals surface area contributed by atoms with E-state index in [1.807, 2.05) is 0 Å². The molecule has 0 spiro atoms. The fourth-order valence-corrected chi connectivity index (χ4v) is 3.71. The van der Waals surface area contributed by atoms with Crippen LogP contribution in [0.25, 0.3) is 0 Å². The van der Waals surface area contributed by atoms with Gasteiger partial charge in [0.2, 0.25) is 0 Å². The number of oxazole rings is 1. The summed E-state index contributed by atoms with van der Waals surface area (Å²) in [4.78, 5) is 4.10. The third-order valence-electron chi connectivity index (χ3n) is 1.24. The molecule has 0 fully saturated rings. The summed E-state index contributed by atoms with van der Waals surface area (Å²) in [5, 5.41) is 0. The molecule has 2 nitrogen and oxygen atoms in total. The molecule has 54 valence electrons. The van der Waals surface area contributed by atoms with Crippen molar-refractivity contribution in [3.8, 4) is 0 Å². The Morgan fingerprint density at radius 2 is 2.60 bits per heavy atom. The van der Waals surface area contributed by atoms with Gasteiger partial charge in [-0.1, -0.05) is 0 Å². The summed E-state index contributed by atoms with van der Waals surface area (Å²) in [6, 6.07) is 0. The van der Waals surface area contributed by atoms with Crippen LogP contribution in [0.3, 0.4) is 0 Å². The quantitative estimate of drug-likeness (QED) is 0.587. The molecule has 1 aromatic heterocycles. The number of hydrogen-bond donors (Lipinski definition) is 0. The first kappa shape index (κ1) is 8.11. The van der Waals surface area contributed by atoms with Crippen LogP contribution in [-0.4, -0.2) is 26.1 Å². The Morgan fingerprint density at radius 1 is 1.70 bits per heavy atom. The first-order valence-electron chi connectivity index (χ1n) is 3.57. The van der Waals surface area contributed by atoms with Crippen molar-refractivity contribution in [2.75, 3.05) is 0 Å². The van der Waals surface area contributed by atoms with Gasteiger partial charge in [-0.05, 0) is 0 Å². The first-order chi connectivity index (χ1) is 4.93. The van der Waals surface area contributed by atoms with Crippen molar-refractivity contribution in [3.05, 3.63) is 12.5 Å². The zero-order valence-corrected chi connectivity index (χ0v) is 8.99. The summed E-state index contributed by atoms with van der Waals surface area (Å²) in [7, 11) is 0. The molecule has 1 heterocycles. The Bertz CT molecular complexity index is 162. The van der Waals surface area contributed by atoms with Crippen molar-refractivity contribution < 1.29 is 4.42 Å². The van der Waals surface area contributed by atoms with Gasteiger partial charge in [-0.15, -0.1) is 0 Å². The Balaban J connectivity index is 2.15. The number of rotatable bonds is 4. The summed E-state index contributed by atoms with van der Waals surface area (Å²) in [6.07, 6.45) is 6.04. The third-order valence-corrected chi connectivity index (χ3v) is 4.53. The van der Waals surface area contributed by atoms with Gasteiger partial charge < -0.3 is 0 Å². The summed E-state index contributed by atoms with van der Waals surface area (Å²) in [6.45, 7) is 2.22. The molecule has 0 saturated carbocycles. The molecule has 0 aliphatic rings. The van der Waals surface area contributed by atoms with Gasteiger partial charge in [-0.25, -0.2) is 0 Å². The molecule has 1 aromatic rings. The maximum atomic E-state index is 5.14. The summed E-state index contributed by atoms with van der Waals surface area (Å²) in [5.74, 6) is 0. The van der Waals surface area contributed by atoms with Gasteiger partial charge in [0.1, 0.15) is 0 Å². The van der Waals surface area contributed by atoms with E-state index in [4.69, 9.17) is 4.42 Å². The van der Waals surface area contributed by atoms with Crippen molar-refractivity contribution >= 4 is 25.0 Å². The third kappa shape index (κ3) is 2.73. The molecule has 0 N–H and O–H groups in total. The monoisotopic (exact) mass is 245 g/mol. The Hall–Kier alpha value is 0.00870. The Kier molecular flexibility index (Phi) is 3.87. The topological polar surface area (TPSA) is 26.0 Å². The molecule has 0 atom stereocenters. The van der Waals surface area contributed by atoms with Crippen LogP contribution in [-0.2, 0) is 0 Å². The summed E-state index contributed by atoms with van der Waals surface area (Å²) >= 11 is -0.414. The molecule has 0 aromatic carbocycles. The first-order valence-corrected chi connectivity index (χ1v) is 7.01. The average molecular weight is 244 g/mol. The average Bonchev–Trinajstić information content (AvgIpc) is 2.41. The van der Waals surface area contributed by atoms with Gasteiger partial charge in [0.15, 0.2) is 0 Å². The fourth-order valence-electron chi connectivity index (χ4n) is 0.683. The minimum absolute atomic E-state index is 0.414. The van der Waals surface area contributed by atoms with E-state index in [9.17, 15) is 0 Å². The van der Waals surface area contributed by atoms with Crippen molar-refractivity contribution in [2.45, 2.75) is 24.2 Å². The van der Waals surface area contributed by atoms with E-state index in [1.165, 1.54) is 17.3 Å². The second-order valence-electron chi connectivity index (χ2n) is 2.12. The van der Waals surface area contributed by atoms with Crippen LogP contribution in [0.15, 0.2) is 16.9 Å². The molecule has 0 saturated heterocycles. The van der Waals surface area contributed by atoms with E-state index in [0.29, 0.717) is 0 Å². The van der Waals surface area contributed by atoms with Crippen LogP contribution >= 0.6 is 0 Å². The van der Waals surface area contributed by atoms with E-state index in [1.54, 1.807) is 12.5 Å². The van der Waals surface area contributed by atoms with Crippen LogP contribution in [0.1, 0.15) is 19.8 Å². The Labute approximate surface area is 71.3 Å². The maximum absolute atomic E-state index is 5.14. The van der Waals surface area contributed by atoms with Gasteiger partial charge in [0, 0.05) is 0 Å². The molecule has 0 bridgehead atoms. The van der Waals surface area contributed by atoms with Gasteiger partial charge in [0.25, 0.3) is 0 Å². The van der Waals surface area contributed by atoms with Crippen molar-refractivity contribution in [1.29, 1.82) is 0 Å². The van der Waals surface area contributed by atoms with Crippen LogP contribution in [0, 0.1) is 0 Å². The van der Waals surface area contributed by atoms with E-state index in [0.717, 1.165) is 3.91 Å². The summed E-state index contributed by atoms with van der Waals surface area (Å²) < 4.78 is 7.54. The molecule has 0 unspecified atom stereocenters. The van der Waals surface area contributed by atoms with Crippen molar-refractivity contribution in [3.63, 3.8) is 0 Å². The number of aromatic nitrogens is 1. The second kappa shape index (κ2) is 4.77. The normalized spacial score (nSPS) is 10.1. The predicted octanol–water partition coefficient (Wildman–Crippen LogP) is 1.22. The zero-order valence-electron chi connectivity index (χ0n) is 6.13. The van der Waals surface area contributed by atoms with Gasteiger partial charge in [0.05, 0.1) is 0 Å². The standard InChI is InChI=1S/C4H9.C3H2NO.Sn/c1-3-4-2;1-2-5-3-4-1;/h1,3-4H2,2H3;1-2H;. The molecule has 0 aliphatic heterocycles. The van der Waals surface area contributed by atoms with Crippen LogP contribution < -0.4 is 3.91 Å². The molecule has 0 amide bonds. The molecular formula is C7H11NOSn. The Morgan fingerprint density at radius 3 is 3.20 bits per heavy atom. The van der Waals surface area contributed by atoms with Crippen LogP contribution in [0.5, 0.6) is 0 Å². The predicted molar refractivity (Wildman–Crippen MR) is 41.6 cm³/mol. The fraction of sp³-hybridized carbons (Fsp3) is 0.571. The van der Waals surface area contributed by atoms with E-state index >= 15 is 0 Å². The molecule has 1 rings (SSSR count). The molecule has 0 aliphatic carbocycles. The molecule has 10 heavy (non-hydrogen) atoms. The zero-order chi connectivity index (χ0) is 7.23. The van der Waals surface area contributed by atoms with Gasteiger partial charge in [-0.3, -0.25) is 0 Å². The van der Waals surface area contributed by atoms with Crippen LogP contribution in [0.4, 0.5) is 0 Å². The number of nitrogens with zero attached hydrogens (tertiary/aromatic N) is 1. The summed E-state index contributed by atoms with van der Waals surface area (Å²) in [5.41, 5.74) is 0. The second-order valence-corrected chi connectivity index (χ2v) is 5.77. The molecular weight excluding hydrogens is 233 g/mol. The number of unbranched alkanes of at least 4 members (excludes halogenated alkanes) is 1. The van der Waals surface area contributed by atoms with E-state index in [-0.39, 0.29) is 0 Å². The molecule has 3 heteroatoms. The van der Waals surface area contributed by atoms with Crippen LogP contribution in [0.2, 0.25) is 4.44 Å². The SMILES string of the molecule is CCC[CH2][Sn][c]1ncco1. The number of hydrogen-bond acceptors (Lipinski definition) is 2. The minimum atomic E-state index is -0.414. The van der Waals surface area contributed by atoms with Gasteiger partial charge >= 0.3 is 71.1 Å². The van der Waals surface area contributed by atoms with Crippen molar-refractivity contribution in [2.24, 2.45) is 0 Å². The van der Waals surface area contributed by atoms with Crippen molar-refractivity contribution in [1.82, 2.24) is 4.98 Å².